The maximum atomic E-state index is 12.7. The van der Waals surface area contributed by atoms with Crippen molar-refractivity contribution in [2.75, 3.05) is 20.3 Å². The molecule has 0 spiro atoms. The number of nitrogens with zero attached hydrogens (tertiary/aromatic N) is 1. The number of carbonyl (C=O) groups is 2. The Labute approximate surface area is 150 Å². The number of hydrogen-bond acceptors (Lipinski definition) is 5. The molecule has 1 N–H and O–H groups in total. The Morgan fingerprint density at radius 3 is 2.69 bits per heavy atom. The molecular weight excluding hydrogens is 336 g/mol. The molecule has 0 aliphatic rings. The van der Waals surface area contributed by atoms with Crippen LogP contribution in [0.25, 0.3) is 11.1 Å². The van der Waals surface area contributed by atoms with Crippen molar-refractivity contribution < 1.29 is 23.5 Å². The van der Waals surface area contributed by atoms with Crippen molar-refractivity contribution in [3.05, 3.63) is 60.0 Å². The maximum Gasteiger partial charge on any atom is 0.356 e. The average Bonchev–Trinajstić information content (AvgIpc) is 3.23. The van der Waals surface area contributed by atoms with E-state index in [0.717, 1.165) is 5.52 Å². The smallest absolute Gasteiger partial charge is 0.356 e. The Kier molecular flexibility index (Phi) is 5.38. The summed E-state index contributed by atoms with van der Waals surface area (Å²) in [5.74, 6) is -1.01. The molecule has 0 bridgehead atoms. The highest BCUT2D eigenvalue weighted by Crippen LogP contribution is 2.23. The Morgan fingerprint density at radius 2 is 2.00 bits per heavy atom. The number of rotatable bonds is 7. The van der Waals surface area contributed by atoms with Gasteiger partial charge in [0.05, 0.1) is 18.4 Å². The van der Waals surface area contributed by atoms with Crippen LogP contribution in [0.5, 0.6) is 0 Å². The normalized spacial score (nSPS) is 12.1. The lowest BCUT2D eigenvalue weighted by Gasteiger charge is -2.18. The van der Waals surface area contributed by atoms with Gasteiger partial charge in [0.25, 0.3) is 5.91 Å². The molecule has 1 aromatic carbocycles. The number of nitrogens with one attached hydrogen (secondary N) is 1. The van der Waals surface area contributed by atoms with E-state index in [-0.39, 0.29) is 0 Å². The van der Waals surface area contributed by atoms with Gasteiger partial charge in [0.15, 0.2) is 5.58 Å². The molecular formula is C19H20N2O5. The molecule has 2 heterocycles. The minimum absolute atomic E-state index is 0.310. The number of carbonyl (C=O) groups excluding carboxylic acids is 2. The predicted molar refractivity (Wildman–Crippen MR) is 94.7 cm³/mol. The summed E-state index contributed by atoms with van der Waals surface area (Å²) >= 11 is 0. The first-order valence-corrected chi connectivity index (χ1v) is 8.17. The molecule has 0 fully saturated rings. The monoisotopic (exact) mass is 356 g/mol. The summed E-state index contributed by atoms with van der Waals surface area (Å²) in [5, 5.41) is 2.71. The molecule has 3 rings (SSSR count). The Bertz CT molecular complexity index is 897. The molecule has 0 saturated carbocycles. The zero-order valence-electron chi connectivity index (χ0n) is 14.6. The minimum Gasteiger partial charge on any atom is -0.463 e. The number of fused-ring (bicyclic) bond motifs is 1. The number of amides is 1. The van der Waals surface area contributed by atoms with Crippen LogP contribution in [0.3, 0.4) is 0 Å². The van der Waals surface area contributed by atoms with Gasteiger partial charge in [-0.3, -0.25) is 4.79 Å². The van der Waals surface area contributed by atoms with E-state index in [1.807, 2.05) is 6.07 Å². The third-order valence-corrected chi connectivity index (χ3v) is 4.04. The molecule has 7 heteroatoms. The van der Waals surface area contributed by atoms with Crippen molar-refractivity contribution >= 4 is 23.0 Å². The first-order chi connectivity index (χ1) is 12.6. The van der Waals surface area contributed by atoms with Crippen LogP contribution in [0, 0.1) is 0 Å². The molecule has 3 aromatic rings. The Balaban J connectivity index is 1.82. The lowest BCUT2D eigenvalue weighted by Crippen LogP contribution is -2.34. The van der Waals surface area contributed by atoms with Gasteiger partial charge in [-0.05, 0) is 0 Å². The Hall–Kier alpha value is -3.06. The zero-order chi connectivity index (χ0) is 18.5. The van der Waals surface area contributed by atoms with Crippen LogP contribution in [-0.4, -0.2) is 36.7 Å². The van der Waals surface area contributed by atoms with Crippen molar-refractivity contribution in [3.8, 4) is 0 Å². The summed E-state index contributed by atoms with van der Waals surface area (Å²) in [6.45, 7) is 0.697. The summed E-state index contributed by atoms with van der Waals surface area (Å²) in [5.41, 5.74) is 2.26. The van der Waals surface area contributed by atoms with E-state index >= 15 is 0 Å². The standard InChI is InChI=1S/C19H20N2O5/c1-21-14-8-10-25-16(14)12-15(21)19(23)26-17(13-6-4-3-5-7-13)18(22)20-9-11-24-2/h3-8,10,12,17H,9,11H2,1-2H3,(H,20,22)/t17-/m1/s1. The summed E-state index contributed by atoms with van der Waals surface area (Å²) in [6, 6.07) is 12.2. The van der Waals surface area contributed by atoms with Gasteiger partial charge in [-0.1, -0.05) is 30.3 Å². The van der Waals surface area contributed by atoms with Gasteiger partial charge in [-0.2, -0.15) is 0 Å². The van der Waals surface area contributed by atoms with Gasteiger partial charge in [-0.15, -0.1) is 0 Å². The fraction of sp³-hybridized carbons (Fsp3) is 0.263. The molecule has 2 aromatic heterocycles. The van der Waals surface area contributed by atoms with E-state index in [9.17, 15) is 9.59 Å². The first kappa shape index (κ1) is 17.8. The molecule has 26 heavy (non-hydrogen) atoms. The van der Waals surface area contributed by atoms with Crippen LogP contribution in [0.1, 0.15) is 22.2 Å². The fourth-order valence-electron chi connectivity index (χ4n) is 2.68. The third-order valence-electron chi connectivity index (χ3n) is 4.04. The van der Waals surface area contributed by atoms with E-state index in [2.05, 4.69) is 5.32 Å². The highest BCUT2D eigenvalue weighted by Gasteiger charge is 2.27. The molecule has 0 aliphatic carbocycles. The first-order valence-electron chi connectivity index (χ1n) is 8.17. The second kappa shape index (κ2) is 7.88. The molecule has 0 aliphatic heterocycles. The van der Waals surface area contributed by atoms with Crippen LogP contribution >= 0.6 is 0 Å². The van der Waals surface area contributed by atoms with Crippen LogP contribution < -0.4 is 5.32 Å². The number of furan rings is 1. The molecule has 1 amide bonds. The number of aryl methyl sites for hydroxylation is 1. The molecule has 0 saturated heterocycles. The largest absolute Gasteiger partial charge is 0.463 e. The second-order valence-corrected chi connectivity index (χ2v) is 5.74. The summed E-state index contributed by atoms with van der Waals surface area (Å²) in [4.78, 5) is 25.2. The number of aromatic nitrogens is 1. The van der Waals surface area contributed by atoms with Crippen molar-refractivity contribution in [1.29, 1.82) is 0 Å². The van der Waals surface area contributed by atoms with Gasteiger partial charge in [-0.25, -0.2) is 4.79 Å². The van der Waals surface area contributed by atoms with E-state index in [4.69, 9.17) is 13.9 Å². The number of hydrogen-bond donors (Lipinski definition) is 1. The van der Waals surface area contributed by atoms with E-state index < -0.39 is 18.0 Å². The summed E-state index contributed by atoms with van der Waals surface area (Å²) in [7, 11) is 3.29. The molecule has 0 unspecified atom stereocenters. The van der Waals surface area contributed by atoms with Crippen molar-refractivity contribution in [2.24, 2.45) is 7.05 Å². The van der Waals surface area contributed by atoms with Crippen molar-refractivity contribution in [3.63, 3.8) is 0 Å². The molecule has 1 atom stereocenters. The maximum absolute atomic E-state index is 12.7. The Morgan fingerprint density at radius 1 is 1.23 bits per heavy atom. The van der Waals surface area contributed by atoms with E-state index in [1.54, 1.807) is 61.4 Å². The van der Waals surface area contributed by atoms with Gasteiger partial charge in [0.1, 0.15) is 5.69 Å². The van der Waals surface area contributed by atoms with Crippen LogP contribution in [0.2, 0.25) is 0 Å². The highest BCUT2D eigenvalue weighted by atomic mass is 16.5. The quantitative estimate of drug-likeness (QED) is 0.519. The summed E-state index contributed by atoms with van der Waals surface area (Å²) < 4.78 is 17.5. The number of methoxy groups -OCH3 is 1. The average molecular weight is 356 g/mol. The SMILES string of the molecule is COCCNC(=O)[C@H](OC(=O)c1cc2occc2n1C)c1ccccc1. The summed E-state index contributed by atoms with van der Waals surface area (Å²) in [6.07, 6.45) is 0.497. The topological polar surface area (TPSA) is 82.7 Å². The zero-order valence-corrected chi connectivity index (χ0v) is 14.6. The predicted octanol–water partition coefficient (Wildman–Crippen LogP) is 2.43. The van der Waals surface area contributed by atoms with Crippen LogP contribution in [-0.2, 0) is 21.3 Å². The minimum atomic E-state index is -1.05. The van der Waals surface area contributed by atoms with Crippen molar-refractivity contribution in [1.82, 2.24) is 9.88 Å². The van der Waals surface area contributed by atoms with Crippen LogP contribution in [0.4, 0.5) is 0 Å². The lowest BCUT2D eigenvalue weighted by atomic mass is 10.1. The van der Waals surface area contributed by atoms with Crippen LogP contribution in [0.15, 0.2) is 53.1 Å². The van der Waals surface area contributed by atoms with Gasteiger partial charge < -0.3 is 23.8 Å². The molecule has 136 valence electrons. The van der Waals surface area contributed by atoms with Gasteiger partial charge in [0.2, 0.25) is 6.10 Å². The molecule has 0 radical (unpaired) electrons. The molecule has 7 nitrogen and oxygen atoms in total. The highest BCUT2D eigenvalue weighted by molar-refractivity contribution is 5.95. The number of esters is 1. The van der Waals surface area contributed by atoms with E-state index in [0.29, 0.717) is 30.0 Å². The number of benzene rings is 1. The third kappa shape index (κ3) is 3.62. The van der Waals surface area contributed by atoms with Gasteiger partial charge >= 0.3 is 5.97 Å². The number of ether oxygens (including phenoxy) is 2. The second-order valence-electron chi connectivity index (χ2n) is 5.74. The fourth-order valence-corrected chi connectivity index (χ4v) is 2.68. The van der Waals surface area contributed by atoms with Gasteiger partial charge in [0, 0.05) is 38.4 Å². The van der Waals surface area contributed by atoms with Crippen molar-refractivity contribution in [2.45, 2.75) is 6.10 Å². The van der Waals surface area contributed by atoms with E-state index in [1.165, 1.54) is 0 Å². The lowest BCUT2D eigenvalue weighted by molar-refractivity contribution is -0.130.